The fraction of sp³-hybridized carbons (Fsp3) is 0.500. The van der Waals surface area contributed by atoms with E-state index in [-0.39, 0.29) is 24.5 Å². The Morgan fingerprint density at radius 1 is 1.39 bits per heavy atom. The number of rotatable bonds is 7. The van der Waals surface area contributed by atoms with Crippen LogP contribution in [0.25, 0.3) is 0 Å². The van der Waals surface area contributed by atoms with Crippen molar-refractivity contribution in [3.8, 4) is 0 Å². The van der Waals surface area contributed by atoms with Crippen molar-refractivity contribution in [3.05, 3.63) is 35.9 Å². The molecule has 0 fully saturated rings. The van der Waals surface area contributed by atoms with Gasteiger partial charge in [0.05, 0.1) is 12.6 Å². The van der Waals surface area contributed by atoms with Gasteiger partial charge < -0.3 is 16.2 Å². The molecule has 0 bridgehead atoms. The van der Waals surface area contributed by atoms with Gasteiger partial charge in [-0.05, 0) is 24.9 Å². The molecule has 0 aliphatic rings. The summed E-state index contributed by atoms with van der Waals surface area (Å²) in [6.45, 7) is 2.28. The first kappa shape index (κ1) is 14.7. The Morgan fingerprint density at radius 3 is 2.61 bits per heavy atom. The Bertz CT molecular complexity index is 354. The highest BCUT2D eigenvalue weighted by Crippen LogP contribution is 2.05. The maximum absolute atomic E-state index is 11.8. The molecule has 0 heterocycles. The Hall–Kier alpha value is -1.39. The van der Waals surface area contributed by atoms with Gasteiger partial charge in [0.2, 0.25) is 5.91 Å². The van der Waals surface area contributed by atoms with Crippen molar-refractivity contribution in [1.82, 2.24) is 5.32 Å². The molecular weight excluding hydrogens is 228 g/mol. The summed E-state index contributed by atoms with van der Waals surface area (Å²) in [6, 6.07) is 9.57. The van der Waals surface area contributed by atoms with Crippen LogP contribution in [0.2, 0.25) is 0 Å². The minimum atomic E-state index is -0.236. The molecule has 0 saturated heterocycles. The largest absolute Gasteiger partial charge is 0.394 e. The minimum absolute atomic E-state index is 0.0459. The lowest BCUT2D eigenvalue weighted by atomic mass is 10.0. The summed E-state index contributed by atoms with van der Waals surface area (Å²) in [5.41, 5.74) is 6.53. The van der Waals surface area contributed by atoms with Crippen LogP contribution in [-0.4, -0.2) is 30.2 Å². The summed E-state index contributed by atoms with van der Waals surface area (Å²) in [5.74, 6) is -0.157. The standard InChI is InChI=1S/C14H22N2O2/c1-11(7-8-15)14(18)16-13(10-17)9-12-5-3-2-4-6-12/h2-6,11,13,17H,7-10,15H2,1H3,(H,16,18). The molecule has 1 aromatic carbocycles. The average molecular weight is 250 g/mol. The van der Waals surface area contributed by atoms with Crippen LogP contribution < -0.4 is 11.1 Å². The van der Waals surface area contributed by atoms with Gasteiger partial charge in [-0.3, -0.25) is 4.79 Å². The van der Waals surface area contributed by atoms with Crippen LogP contribution in [0.1, 0.15) is 18.9 Å². The third-order valence-electron chi connectivity index (χ3n) is 2.94. The summed E-state index contributed by atoms with van der Waals surface area (Å²) >= 11 is 0. The first-order valence-electron chi connectivity index (χ1n) is 6.32. The molecule has 100 valence electrons. The van der Waals surface area contributed by atoms with Gasteiger partial charge in [-0.15, -0.1) is 0 Å². The topological polar surface area (TPSA) is 75.4 Å². The second kappa shape index (κ2) is 7.84. The summed E-state index contributed by atoms with van der Waals surface area (Å²) in [7, 11) is 0. The van der Waals surface area contributed by atoms with Gasteiger partial charge in [-0.2, -0.15) is 0 Å². The van der Waals surface area contributed by atoms with Crippen LogP contribution in [0, 0.1) is 5.92 Å². The van der Waals surface area contributed by atoms with Gasteiger partial charge in [-0.25, -0.2) is 0 Å². The fourth-order valence-corrected chi connectivity index (χ4v) is 1.78. The summed E-state index contributed by atoms with van der Waals surface area (Å²) < 4.78 is 0. The highest BCUT2D eigenvalue weighted by molar-refractivity contribution is 5.78. The molecule has 1 amide bonds. The monoisotopic (exact) mass is 250 g/mol. The zero-order valence-corrected chi connectivity index (χ0v) is 10.8. The van der Waals surface area contributed by atoms with Crippen LogP contribution in [0.3, 0.4) is 0 Å². The van der Waals surface area contributed by atoms with Gasteiger partial charge in [0.25, 0.3) is 0 Å². The van der Waals surface area contributed by atoms with E-state index in [0.717, 1.165) is 5.56 Å². The maximum atomic E-state index is 11.8. The van der Waals surface area contributed by atoms with E-state index in [0.29, 0.717) is 19.4 Å². The second-order valence-electron chi connectivity index (χ2n) is 4.56. The quantitative estimate of drug-likeness (QED) is 0.666. The first-order chi connectivity index (χ1) is 8.67. The molecule has 18 heavy (non-hydrogen) atoms. The number of aliphatic hydroxyl groups excluding tert-OH is 1. The highest BCUT2D eigenvalue weighted by atomic mass is 16.3. The molecule has 2 unspecified atom stereocenters. The summed E-state index contributed by atoms with van der Waals surface area (Å²) in [6.07, 6.45) is 1.30. The predicted molar refractivity (Wildman–Crippen MR) is 72.0 cm³/mol. The predicted octanol–water partition coefficient (Wildman–Crippen LogP) is 0.691. The van der Waals surface area contributed by atoms with Gasteiger partial charge in [-0.1, -0.05) is 37.3 Å². The first-order valence-corrected chi connectivity index (χ1v) is 6.32. The highest BCUT2D eigenvalue weighted by Gasteiger charge is 2.16. The van der Waals surface area contributed by atoms with Crippen molar-refractivity contribution in [2.45, 2.75) is 25.8 Å². The Kier molecular flexibility index (Phi) is 6.39. The summed E-state index contributed by atoms with van der Waals surface area (Å²) in [4.78, 5) is 11.8. The number of hydrogen-bond acceptors (Lipinski definition) is 3. The van der Waals surface area contributed by atoms with Crippen LogP contribution in [0.4, 0.5) is 0 Å². The Morgan fingerprint density at radius 2 is 2.06 bits per heavy atom. The number of benzene rings is 1. The Labute approximate surface area is 108 Å². The smallest absolute Gasteiger partial charge is 0.223 e. The molecule has 0 saturated carbocycles. The number of carbonyl (C=O) groups excluding carboxylic acids is 1. The molecular formula is C14H22N2O2. The van der Waals surface area contributed by atoms with E-state index < -0.39 is 0 Å². The van der Waals surface area contributed by atoms with Crippen molar-refractivity contribution in [3.63, 3.8) is 0 Å². The van der Waals surface area contributed by atoms with E-state index in [2.05, 4.69) is 5.32 Å². The van der Waals surface area contributed by atoms with Gasteiger partial charge in [0.1, 0.15) is 0 Å². The molecule has 0 aliphatic carbocycles. The molecule has 0 spiro atoms. The van der Waals surface area contributed by atoms with Crippen molar-refractivity contribution in [2.24, 2.45) is 11.7 Å². The van der Waals surface area contributed by atoms with Crippen molar-refractivity contribution in [2.75, 3.05) is 13.2 Å². The molecule has 0 aromatic heterocycles. The van der Waals surface area contributed by atoms with E-state index in [1.165, 1.54) is 0 Å². The number of aliphatic hydroxyl groups is 1. The molecule has 0 radical (unpaired) electrons. The number of carbonyl (C=O) groups is 1. The van der Waals surface area contributed by atoms with E-state index in [1.807, 2.05) is 37.3 Å². The molecule has 4 N–H and O–H groups in total. The Balaban J connectivity index is 2.49. The van der Waals surface area contributed by atoms with Gasteiger partial charge in [0.15, 0.2) is 0 Å². The lowest BCUT2D eigenvalue weighted by molar-refractivity contribution is -0.125. The van der Waals surface area contributed by atoms with Crippen molar-refractivity contribution < 1.29 is 9.90 Å². The molecule has 0 aliphatic heterocycles. The van der Waals surface area contributed by atoms with Crippen LogP contribution in [-0.2, 0) is 11.2 Å². The number of hydrogen-bond donors (Lipinski definition) is 3. The van der Waals surface area contributed by atoms with Gasteiger partial charge in [0, 0.05) is 5.92 Å². The third-order valence-corrected chi connectivity index (χ3v) is 2.94. The lowest BCUT2D eigenvalue weighted by Gasteiger charge is -2.19. The van der Waals surface area contributed by atoms with Gasteiger partial charge >= 0.3 is 0 Å². The van der Waals surface area contributed by atoms with Crippen molar-refractivity contribution in [1.29, 1.82) is 0 Å². The SMILES string of the molecule is CC(CCN)C(=O)NC(CO)Cc1ccccc1. The van der Waals surface area contributed by atoms with Crippen molar-refractivity contribution >= 4 is 5.91 Å². The van der Waals surface area contributed by atoms with Crippen LogP contribution in [0.15, 0.2) is 30.3 Å². The zero-order valence-electron chi connectivity index (χ0n) is 10.8. The maximum Gasteiger partial charge on any atom is 0.223 e. The lowest BCUT2D eigenvalue weighted by Crippen LogP contribution is -2.42. The number of amides is 1. The van der Waals surface area contributed by atoms with Crippen LogP contribution in [0.5, 0.6) is 0 Å². The molecule has 4 nitrogen and oxygen atoms in total. The third kappa shape index (κ3) is 4.85. The van der Waals surface area contributed by atoms with E-state index in [4.69, 9.17) is 5.73 Å². The zero-order chi connectivity index (χ0) is 13.4. The molecule has 4 heteroatoms. The normalized spacial score (nSPS) is 13.9. The molecule has 2 atom stereocenters. The second-order valence-corrected chi connectivity index (χ2v) is 4.56. The number of nitrogens with one attached hydrogen (secondary N) is 1. The van der Waals surface area contributed by atoms with E-state index in [9.17, 15) is 9.90 Å². The fourth-order valence-electron chi connectivity index (χ4n) is 1.78. The summed E-state index contributed by atoms with van der Waals surface area (Å²) in [5, 5.41) is 12.2. The number of nitrogens with two attached hydrogens (primary N) is 1. The van der Waals surface area contributed by atoms with E-state index in [1.54, 1.807) is 0 Å². The average Bonchev–Trinajstić information content (AvgIpc) is 2.39. The molecule has 1 rings (SSSR count). The molecule has 1 aromatic rings. The van der Waals surface area contributed by atoms with E-state index >= 15 is 0 Å². The van der Waals surface area contributed by atoms with Crippen LogP contribution >= 0.6 is 0 Å². The minimum Gasteiger partial charge on any atom is -0.394 e.